The summed E-state index contributed by atoms with van der Waals surface area (Å²) >= 11 is 0. The van der Waals surface area contributed by atoms with Gasteiger partial charge in [0.1, 0.15) is 11.6 Å². The Bertz CT molecular complexity index is 901. The first-order chi connectivity index (χ1) is 11.4. The molecule has 0 aromatic heterocycles. The zero-order chi connectivity index (χ0) is 17.3. The van der Waals surface area contributed by atoms with Gasteiger partial charge >= 0.3 is 11.9 Å². The second kappa shape index (κ2) is 6.04. The van der Waals surface area contributed by atoms with E-state index in [2.05, 4.69) is 4.99 Å². The first-order valence-electron chi connectivity index (χ1n) is 6.75. The zero-order valence-corrected chi connectivity index (χ0v) is 12.0. The average Bonchev–Trinajstić information content (AvgIpc) is 2.88. The molecular formula is C17H9F2NO4. The third-order valence-corrected chi connectivity index (χ3v) is 3.24. The van der Waals surface area contributed by atoms with Crippen LogP contribution < -0.4 is 0 Å². The van der Waals surface area contributed by atoms with Crippen LogP contribution in [0.4, 0.5) is 8.78 Å². The summed E-state index contributed by atoms with van der Waals surface area (Å²) in [5.41, 5.74) is 0.423. The number of carboxylic acid groups (broad SMARTS) is 1. The molecule has 0 saturated heterocycles. The van der Waals surface area contributed by atoms with Gasteiger partial charge in [-0.25, -0.2) is 23.4 Å². The maximum Gasteiger partial charge on any atom is 0.363 e. The fourth-order valence-corrected chi connectivity index (χ4v) is 2.07. The van der Waals surface area contributed by atoms with Gasteiger partial charge in [0.15, 0.2) is 5.70 Å². The summed E-state index contributed by atoms with van der Waals surface area (Å²) in [5, 5.41) is 8.83. The molecule has 24 heavy (non-hydrogen) atoms. The number of esters is 1. The Morgan fingerprint density at radius 3 is 2.46 bits per heavy atom. The lowest BCUT2D eigenvalue weighted by molar-refractivity contribution is -0.129. The monoisotopic (exact) mass is 329 g/mol. The van der Waals surface area contributed by atoms with Crippen molar-refractivity contribution in [3.63, 3.8) is 0 Å². The number of rotatable bonds is 3. The van der Waals surface area contributed by atoms with Gasteiger partial charge in [-0.3, -0.25) is 0 Å². The first kappa shape index (κ1) is 15.5. The quantitative estimate of drug-likeness (QED) is 0.694. The van der Waals surface area contributed by atoms with Crippen molar-refractivity contribution in [1.29, 1.82) is 0 Å². The zero-order valence-electron chi connectivity index (χ0n) is 12.0. The van der Waals surface area contributed by atoms with Crippen LogP contribution in [0.3, 0.4) is 0 Å². The van der Waals surface area contributed by atoms with Gasteiger partial charge in [-0.05, 0) is 35.9 Å². The molecule has 2 aromatic rings. The number of aliphatic imine (C=N–C) groups is 1. The minimum absolute atomic E-state index is 0.0724. The van der Waals surface area contributed by atoms with Gasteiger partial charge in [-0.1, -0.05) is 12.1 Å². The predicted molar refractivity (Wildman–Crippen MR) is 80.4 cm³/mol. The number of carbonyl (C=O) groups excluding carboxylic acids is 1. The molecule has 0 unspecified atom stereocenters. The maximum atomic E-state index is 13.7. The summed E-state index contributed by atoms with van der Waals surface area (Å²) in [7, 11) is 0. The van der Waals surface area contributed by atoms with Crippen molar-refractivity contribution >= 4 is 23.9 Å². The Hall–Kier alpha value is -3.35. The topological polar surface area (TPSA) is 76.0 Å². The van der Waals surface area contributed by atoms with Gasteiger partial charge in [-0.15, -0.1) is 0 Å². The van der Waals surface area contributed by atoms with Crippen molar-refractivity contribution in [3.05, 3.63) is 76.5 Å². The molecule has 5 nitrogen and oxygen atoms in total. The Kier molecular flexibility index (Phi) is 3.91. The largest absolute Gasteiger partial charge is 0.478 e. The van der Waals surface area contributed by atoms with Crippen molar-refractivity contribution in [2.24, 2.45) is 4.99 Å². The van der Waals surface area contributed by atoms with E-state index in [0.717, 1.165) is 12.1 Å². The molecule has 1 N–H and O–H groups in total. The highest BCUT2D eigenvalue weighted by atomic mass is 19.1. The fraction of sp³-hybridized carbons (Fsp3) is 0. The van der Waals surface area contributed by atoms with Crippen LogP contribution in [-0.4, -0.2) is 22.9 Å². The Morgan fingerprint density at radius 2 is 1.83 bits per heavy atom. The molecule has 1 aliphatic heterocycles. The van der Waals surface area contributed by atoms with Crippen LogP contribution in [0.2, 0.25) is 0 Å². The Balaban J connectivity index is 1.92. The van der Waals surface area contributed by atoms with Crippen molar-refractivity contribution in [2.75, 3.05) is 0 Å². The van der Waals surface area contributed by atoms with Gasteiger partial charge < -0.3 is 9.84 Å². The number of aromatic carboxylic acids is 1. The van der Waals surface area contributed by atoms with Crippen LogP contribution in [0, 0.1) is 11.6 Å². The van der Waals surface area contributed by atoms with Gasteiger partial charge in [-0.2, -0.15) is 0 Å². The number of benzene rings is 2. The smallest absolute Gasteiger partial charge is 0.363 e. The molecule has 120 valence electrons. The molecule has 2 aromatic carbocycles. The Morgan fingerprint density at radius 1 is 1.12 bits per heavy atom. The highest BCUT2D eigenvalue weighted by Crippen LogP contribution is 2.21. The maximum absolute atomic E-state index is 13.7. The van der Waals surface area contributed by atoms with E-state index in [1.807, 2.05) is 0 Å². The molecule has 0 bridgehead atoms. The van der Waals surface area contributed by atoms with Gasteiger partial charge in [0.2, 0.25) is 5.90 Å². The number of nitrogens with zero attached hydrogens (tertiary/aromatic N) is 1. The van der Waals surface area contributed by atoms with Crippen LogP contribution in [0.1, 0.15) is 21.5 Å². The predicted octanol–water partition coefficient (Wildman–Crippen LogP) is 3.01. The summed E-state index contributed by atoms with van der Waals surface area (Å²) in [4.78, 5) is 26.5. The normalized spacial score (nSPS) is 15.3. The lowest BCUT2D eigenvalue weighted by atomic mass is 10.1. The van der Waals surface area contributed by atoms with E-state index in [9.17, 15) is 18.4 Å². The average molecular weight is 329 g/mol. The summed E-state index contributed by atoms with van der Waals surface area (Å²) < 4.78 is 31.5. The molecule has 0 atom stereocenters. The van der Waals surface area contributed by atoms with Gasteiger partial charge in [0.05, 0.1) is 11.1 Å². The molecule has 0 saturated carbocycles. The Labute approximate surface area is 134 Å². The van der Waals surface area contributed by atoms with Crippen LogP contribution >= 0.6 is 0 Å². The van der Waals surface area contributed by atoms with Crippen LogP contribution in [0.25, 0.3) is 6.08 Å². The SMILES string of the molecule is O=C1OC(c2ccc(F)cc2F)=N/C1=C\c1ccc(C(=O)O)cc1. The highest BCUT2D eigenvalue weighted by Gasteiger charge is 2.26. The minimum Gasteiger partial charge on any atom is -0.478 e. The lowest BCUT2D eigenvalue weighted by Gasteiger charge is -2.00. The van der Waals surface area contributed by atoms with E-state index in [1.165, 1.54) is 30.3 Å². The number of halogens is 2. The number of carbonyl (C=O) groups is 2. The van der Waals surface area contributed by atoms with Crippen LogP contribution in [0.15, 0.2) is 53.2 Å². The van der Waals surface area contributed by atoms with Crippen molar-refractivity contribution in [2.45, 2.75) is 0 Å². The molecule has 1 aliphatic rings. The second-order valence-corrected chi connectivity index (χ2v) is 4.89. The lowest BCUT2D eigenvalue weighted by Crippen LogP contribution is -2.07. The van der Waals surface area contributed by atoms with Crippen molar-refractivity contribution < 1.29 is 28.2 Å². The molecule has 0 radical (unpaired) electrons. The van der Waals surface area contributed by atoms with Crippen LogP contribution in [0.5, 0.6) is 0 Å². The number of ether oxygens (including phenoxy) is 1. The van der Waals surface area contributed by atoms with E-state index < -0.39 is 23.6 Å². The molecular weight excluding hydrogens is 320 g/mol. The molecule has 0 spiro atoms. The molecule has 3 rings (SSSR count). The number of hydrogen-bond acceptors (Lipinski definition) is 4. The minimum atomic E-state index is -1.07. The second-order valence-electron chi connectivity index (χ2n) is 4.89. The molecule has 7 heteroatoms. The summed E-state index contributed by atoms with van der Waals surface area (Å²) in [5.74, 6) is -3.76. The summed E-state index contributed by atoms with van der Waals surface area (Å²) in [6.45, 7) is 0. The van der Waals surface area contributed by atoms with Crippen LogP contribution in [-0.2, 0) is 9.53 Å². The van der Waals surface area contributed by atoms with Gasteiger partial charge in [0, 0.05) is 6.07 Å². The molecule has 0 aliphatic carbocycles. The third-order valence-electron chi connectivity index (χ3n) is 3.24. The van der Waals surface area contributed by atoms with E-state index in [-0.39, 0.29) is 22.7 Å². The summed E-state index contributed by atoms with van der Waals surface area (Å²) in [6.07, 6.45) is 1.38. The van der Waals surface area contributed by atoms with E-state index >= 15 is 0 Å². The first-order valence-corrected chi connectivity index (χ1v) is 6.75. The number of carboxylic acids is 1. The number of cyclic esters (lactones) is 1. The highest BCUT2D eigenvalue weighted by molar-refractivity contribution is 6.13. The van der Waals surface area contributed by atoms with Crippen molar-refractivity contribution in [1.82, 2.24) is 0 Å². The summed E-state index contributed by atoms with van der Waals surface area (Å²) in [6, 6.07) is 8.56. The standard InChI is InChI=1S/C17H9F2NO4/c18-11-5-6-12(13(19)8-11)15-20-14(17(23)24-15)7-9-1-3-10(4-2-9)16(21)22/h1-8H,(H,21,22)/b14-7-. The van der Waals surface area contributed by atoms with E-state index in [0.29, 0.717) is 11.6 Å². The van der Waals surface area contributed by atoms with E-state index in [1.54, 1.807) is 0 Å². The molecule has 0 amide bonds. The van der Waals surface area contributed by atoms with Gasteiger partial charge in [0.25, 0.3) is 0 Å². The third kappa shape index (κ3) is 3.05. The van der Waals surface area contributed by atoms with E-state index in [4.69, 9.17) is 9.84 Å². The molecule has 1 heterocycles. The van der Waals surface area contributed by atoms with Crippen molar-refractivity contribution in [3.8, 4) is 0 Å². The number of hydrogen-bond donors (Lipinski definition) is 1. The fourth-order valence-electron chi connectivity index (χ4n) is 2.07. The molecule has 0 fully saturated rings.